The Hall–Kier alpha value is -1.75. The number of hydrogen-bond donors (Lipinski definition) is 2. The molecule has 4 heteroatoms. The number of aldehydes is 1. The predicted molar refractivity (Wildman–Crippen MR) is 88.7 cm³/mol. The first kappa shape index (κ1) is 15.6. The minimum absolute atomic E-state index is 0.179. The molecule has 1 aromatic carbocycles. The van der Waals surface area contributed by atoms with Crippen molar-refractivity contribution in [1.82, 2.24) is 5.32 Å². The standard InChI is InChI=1S/C17H19NO2S/c19-12-11-18-10-9-15-3-1-14(2-4-15)5-6-16-7-8-17(13-20)21-16/h1-8,13,18-19H,9-12H2. The Labute approximate surface area is 128 Å². The molecule has 2 aromatic rings. The van der Waals surface area contributed by atoms with Crippen molar-refractivity contribution < 1.29 is 9.90 Å². The SMILES string of the molecule is O=Cc1ccc(C=Cc2ccc(CCNCCO)cc2)s1. The molecule has 0 atom stereocenters. The first-order valence-electron chi connectivity index (χ1n) is 6.95. The number of rotatable bonds is 8. The lowest BCUT2D eigenvalue weighted by molar-refractivity contribution is 0.112. The van der Waals surface area contributed by atoms with Crippen LogP contribution >= 0.6 is 11.3 Å². The van der Waals surface area contributed by atoms with Crippen LogP contribution in [-0.2, 0) is 6.42 Å². The molecule has 0 amide bonds. The normalized spacial score (nSPS) is 11.1. The van der Waals surface area contributed by atoms with Crippen molar-refractivity contribution in [3.05, 3.63) is 57.3 Å². The molecular weight excluding hydrogens is 282 g/mol. The summed E-state index contributed by atoms with van der Waals surface area (Å²) >= 11 is 1.49. The van der Waals surface area contributed by atoms with Crippen molar-refractivity contribution >= 4 is 29.8 Å². The number of benzene rings is 1. The number of carbonyl (C=O) groups excluding carboxylic acids is 1. The van der Waals surface area contributed by atoms with Crippen LogP contribution in [0.2, 0.25) is 0 Å². The van der Waals surface area contributed by atoms with Gasteiger partial charge in [-0.3, -0.25) is 4.79 Å². The molecular formula is C17H19NO2S. The van der Waals surface area contributed by atoms with E-state index in [0.717, 1.165) is 34.6 Å². The summed E-state index contributed by atoms with van der Waals surface area (Å²) < 4.78 is 0. The predicted octanol–water partition coefficient (Wildman–Crippen LogP) is 2.86. The third kappa shape index (κ3) is 5.27. The lowest BCUT2D eigenvalue weighted by Crippen LogP contribution is -2.20. The molecule has 3 nitrogen and oxygen atoms in total. The fraction of sp³-hybridized carbons (Fsp3) is 0.235. The topological polar surface area (TPSA) is 49.3 Å². The smallest absolute Gasteiger partial charge is 0.160 e. The van der Waals surface area contributed by atoms with E-state index in [1.165, 1.54) is 16.9 Å². The van der Waals surface area contributed by atoms with Crippen LogP contribution in [-0.4, -0.2) is 31.1 Å². The zero-order valence-corrected chi connectivity index (χ0v) is 12.6. The third-order valence-electron chi connectivity index (χ3n) is 3.06. The number of thiophene rings is 1. The van der Waals surface area contributed by atoms with E-state index in [2.05, 4.69) is 29.6 Å². The van der Waals surface area contributed by atoms with Crippen molar-refractivity contribution in [2.45, 2.75) is 6.42 Å². The Bertz CT molecular complexity index is 587. The van der Waals surface area contributed by atoms with E-state index in [1.807, 2.05) is 24.3 Å². The van der Waals surface area contributed by atoms with E-state index in [9.17, 15) is 4.79 Å². The zero-order valence-electron chi connectivity index (χ0n) is 11.8. The van der Waals surface area contributed by atoms with Crippen LogP contribution in [0.5, 0.6) is 0 Å². The van der Waals surface area contributed by atoms with Gasteiger partial charge in [-0.1, -0.05) is 30.3 Å². The van der Waals surface area contributed by atoms with Gasteiger partial charge in [-0.15, -0.1) is 11.3 Å². The number of nitrogens with one attached hydrogen (secondary N) is 1. The molecule has 21 heavy (non-hydrogen) atoms. The third-order valence-corrected chi connectivity index (χ3v) is 4.04. The highest BCUT2D eigenvalue weighted by Gasteiger charge is 1.96. The Morgan fingerprint density at radius 3 is 2.43 bits per heavy atom. The molecule has 0 bridgehead atoms. The largest absolute Gasteiger partial charge is 0.395 e. The molecule has 2 N–H and O–H groups in total. The monoisotopic (exact) mass is 301 g/mol. The summed E-state index contributed by atoms with van der Waals surface area (Å²) in [6, 6.07) is 12.2. The Morgan fingerprint density at radius 1 is 1.00 bits per heavy atom. The zero-order chi connectivity index (χ0) is 14.9. The molecule has 110 valence electrons. The van der Waals surface area contributed by atoms with Gasteiger partial charge in [0.2, 0.25) is 0 Å². The summed E-state index contributed by atoms with van der Waals surface area (Å²) in [7, 11) is 0. The van der Waals surface area contributed by atoms with Crippen molar-refractivity contribution in [2.24, 2.45) is 0 Å². The van der Waals surface area contributed by atoms with Gasteiger partial charge in [0.25, 0.3) is 0 Å². The Balaban J connectivity index is 1.88. The molecule has 0 aliphatic carbocycles. The second kappa shape index (κ2) is 8.52. The van der Waals surface area contributed by atoms with Crippen LogP contribution < -0.4 is 5.32 Å². The molecule has 0 saturated heterocycles. The first-order chi connectivity index (χ1) is 10.3. The molecule has 0 saturated carbocycles. The van der Waals surface area contributed by atoms with Gasteiger partial charge in [-0.05, 0) is 42.3 Å². The average molecular weight is 301 g/mol. The maximum absolute atomic E-state index is 10.6. The maximum Gasteiger partial charge on any atom is 0.160 e. The van der Waals surface area contributed by atoms with Crippen LogP contribution in [0.4, 0.5) is 0 Å². The lowest BCUT2D eigenvalue weighted by Gasteiger charge is -2.03. The van der Waals surface area contributed by atoms with Gasteiger partial charge in [-0.25, -0.2) is 0 Å². The molecule has 0 fully saturated rings. The molecule has 0 aliphatic rings. The molecule has 1 heterocycles. The van der Waals surface area contributed by atoms with Crippen LogP contribution in [0.3, 0.4) is 0 Å². The van der Waals surface area contributed by atoms with E-state index in [1.54, 1.807) is 0 Å². The van der Waals surface area contributed by atoms with Gasteiger partial charge in [0, 0.05) is 11.4 Å². The van der Waals surface area contributed by atoms with Crippen LogP contribution in [0.15, 0.2) is 36.4 Å². The van der Waals surface area contributed by atoms with E-state index in [0.29, 0.717) is 6.54 Å². The van der Waals surface area contributed by atoms with E-state index >= 15 is 0 Å². The van der Waals surface area contributed by atoms with Crippen LogP contribution in [0.1, 0.15) is 25.7 Å². The van der Waals surface area contributed by atoms with E-state index in [-0.39, 0.29) is 6.61 Å². The minimum Gasteiger partial charge on any atom is -0.395 e. The van der Waals surface area contributed by atoms with Crippen molar-refractivity contribution in [1.29, 1.82) is 0 Å². The van der Waals surface area contributed by atoms with Gasteiger partial charge in [0.05, 0.1) is 11.5 Å². The maximum atomic E-state index is 10.6. The number of aliphatic hydroxyl groups is 1. The van der Waals surface area contributed by atoms with Crippen molar-refractivity contribution in [2.75, 3.05) is 19.7 Å². The highest BCUT2D eigenvalue weighted by molar-refractivity contribution is 7.14. The summed E-state index contributed by atoms with van der Waals surface area (Å²) in [6.07, 6.45) is 5.91. The quantitative estimate of drug-likeness (QED) is 0.582. The molecule has 0 radical (unpaired) electrons. The lowest BCUT2D eigenvalue weighted by atomic mass is 10.1. The number of carbonyl (C=O) groups is 1. The van der Waals surface area contributed by atoms with Gasteiger partial charge in [0.15, 0.2) is 6.29 Å². The second-order valence-electron chi connectivity index (χ2n) is 4.66. The average Bonchev–Trinajstić information content (AvgIpc) is 2.99. The Kier molecular flexibility index (Phi) is 6.34. The second-order valence-corrected chi connectivity index (χ2v) is 5.80. The first-order valence-corrected chi connectivity index (χ1v) is 7.77. The molecule has 1 aromatic heterocycles. The summed E-state index contributed by atoms with van der Waals surface area (Å²) in [4.78, 5) is 12.5. The summed E-state index contributed by atoms with van der Waals surface area (Å²) in [5, 5.41) is 11.8. The minimum atomic E-state index is 0.179. The van der Waals surface area contributed by atoms with Crippen LogP contribution in [0.25, 0.3) is 12.2 Å². The van der Waals surface area contributed by atoms with Crippen LogP contribution in [0, 0.1) is 0 Å². The fourth-order valence-corrected chi connectivity index (χ4v) is 2.66. The van der Waals surface area contributed by atoms with Gasteiger partial charge in [0.1, 0.15) is 0 Å². The molecule has 0 spiro atoms. The van der Waals surface area contributed by atoms with Crippen molar-refractivity contribution in [3.63, 3.8) is 0 Å². The molecule has 0 unspecified atom stereocenters. The van der Waals surface area contributed by atoms with Crippen molar-refractivity contribution in [3.8, 4) is 0 Å². The molecule has 0 aliphatic heterocycles. The van der Waals surface area contributed by atoms with E-state index in [4.69, 9.17) is 5.11 Å². The summed E-state index contributed by atoms with van der Waals surface area (Å²) in [5.74, 6) is 0. The summed E-state index contributed by atoms with van der Waals surface area (Å²) in [5.41, 5.74) is 2.42. The van der Waals surface area contributed by atoms with Gasteiger partial charge >= 0.3 is 0 Å². The summed E-state index contributed by atoms with van der Waals surface area (Å²) in [6.45, 7) is 1.70. The van der Waals surface area contributed by atoms with Gasteiger partial charge in [-0.2, -0.15) is 0 Å². The number of hydrogen-bond acceptors (Lipinski definition) is 4. The fourth-order valence-electron chi connectivity index (χ4n) is 1.93. The number of aliphatic hydroxyl groups excluding tert-OH is 1. The Morgan fingerprint density at radius 2 is 1.76 bits per heavy atom. The highest BCUT2D eigenvalue weighted by Crippen LogP contribution is 2.17. The van der Waals surface area contributed by atoms with Gasteiger partial charge < -0.3 is 10.4 Å². The van der Waals surface area contributed by atoms with E-state index < -0.39 is 0 Å². The highest BCUT2D eigenvalue weighted by atomic mass is 32.1. The molecule has 2 rings (SSSR count).